The minimum atomic E-state index is -5.89. The molecule has 0 unspecified atom stereocenters. The van der Waals surface area contributed by atoms with E-state index < -0.39 is 235 Å². The highest BCUT2D eigenvalue weighted by molar-refractivity contribution is 5.91. The maximum atomic E-state index is 14.6. The van der Waals surface area contributed by atoms with Crippen LogP contribution in [0.25, 0.3) is 44.2 Å². The van der Waals surface area contributed by atoms with Gasteiger partial charge in [-0.3, -0.25) is 0 Å². The molecule has 75 heavy (non-hydrogen) atoms. The third-order valence-corrected chi connectivity index (χ3v) is 10.3. The Morgan fingerprint density at radius 3 is 0.560 bits per heavy atom. The predicted octanol–water partition coefficient (Wildman–Crippen LogP) is 17.1. The molecule has 0 bridgehead atoms. The summed E-state index contributed by atoms with van der Waals surface area (Å²) in [6, 6.07) is 0. The Kier molecular flexibility index (Phi) is 15.9. The van der Waals surface area contributed by atoms with Crippen molar-refractivity contribution in [2.75, 3.05) is 0 Å². The van der Waals surface area contributed by atoms with Crippen LogP contribution in [0.5, 0.6) is 0 Å². The summed E-state index contributed by atoms with van der Waals surface area (Å²) in [5.41, 5.74) is -19.6. The van der Waals surface area contributed by atoms with E-state index in [1.54, 1.807) is 0 Å². The lowest BCUT2D eigenvalue weighted by Gasteiger charge is -2.16. The highest BCUT2D eigenvalue weighted by Gasteiger charge is 2.44. The Morgan fingerprint density at radius 2 is 0.320 bits per heavy atom. The van der Waals surface area contributed by atoms with Gasteiger partial charge in [-0.05, 0) is 20.8 Å². The maximum absolute atomic E-state index is 14.6. The lowest BCUT2D eigenvalue weighted by Crippen LogP contribution is -2.17. The molecule has 0 aliphatic rings. The van der Waals surface area contributed by atoms with Crippen LogP contribution in [0.2, 0.25) is 0 Å². The summed E-state index contributed by atoms with van der Waals surface area (Å²) in [6.07, 6.45) is -5.89. The van der Waals surface area contributed by atoms with Crippen molar-refractivity contribution in [1.29, 1.82) is 0 Å². The van der Waals surface area contributed by atoms with E-state index in [-0.39, 0.29) is 0 Å². The van der Waals surface area contributed by atoms with Crippen LogP contribution in [-0.4, -0.2) is 0 Å². The predicted molar refractivity (Wildman–Crippen MR) is 191 cm³/mol. The topological polar surface area (TPSA) is 0 Å². The molecule has 0 spiro atoms. The van der Waals surface area contributed by atoms with Crippen molar-refractivity contribution < 1.29 is 136 Å². The SMILES string of the molecule is Cc1c(F)c(F)c(-c2c(F)c(F)c(C(F)(F)F)c(F)c2F)c(F)c1F.Cc1c(F)c(F)c(-c2c(F)c(F)c(F)c(F)c2F)c(F)c1F.Cc1c(F)c(F)c(-c2c(F)c(F)c3c(F)c(F)c(F)c(F)c3c2F)c(F)c1F. The first-order valence-electron chi connectivity index (χ1n) is 18.6. The smallest absolute Gasteiger partial charge is 0.205 e. The van der Waals surface area contributed by atoms with Crippen molar-refractivity contribution in [3.8, 4) is 33.4 Å². The summed E-state index contributed by atoms with van der Waals surface area (Å²) in [7, 11) is 0. The third-order valence-electron chi connectivity index (χ3n) is 10.3. The first-order valence-corrected chi connectivity index (χ1v) is 18.6. The fourth-order valence-corrected chi connectivity index (χ4v) is 6.51. The van der Waals surface area contributed by atoms with Crippen molar-refractivity contribution in [3.63, 3.8) is 0 Å². The fraction of sp³-hybridized carbons (Fsp3) is 0.0909. The van der Waals surface area contributed by atoms with Gasteiger partial charge in [0.15, 0.2) is 151 Å². The van der Waals surface area contributed by atoms with Crippen LogP contribution in [0.4, 0.5) is 136 Å². The van der Waals surface area contributed by atoms with E-state index in [0.717, 1.165) is 0 Å². The van der Waals surface area contributed by atoms with E-state index in [1.165, 1.54) is 0 Å². The summed E-state index contributed by atoms with van der Waals surface area (Å²) in [5.74, 6) is -69.4. The van der Waals surface area contributed by atoms with Crippen LogP contribution >= 0.6 is 0 Å². The zero-order chi connectivity index (χ0) is 57.6. The zero-order valence-corrected chi connectivity index (χ0v) is 35.2. The number of rotatable bonds is 3. The maximum Gasteiger partial charge on any atom is 0.422 e. The quantitative estimate of drug-likeness (QED) is 0.0940. The van der Waals surface area contributed by atoms with E-state index in [2.05, 4.69) is 0 Å². The van der Waals surface area contributed by atoms with E-state index in [9.17, 15) is 136 Å². The molecule has 7 aromatic carbocycles. The molecule has 31 heteroatoms. The molecular weight excluding hydrogens is 1120 g/mol. The van der Waals surface area contributed by atoms with Gasteiger partial charge in [0, 0.05) is 16.7 Å². The fourth-order valence-electron chi connectivity index (χ4n) is 6.51. The molecule has 0 aliphatic carbocycles. The Labute approximate surface area is 392 Å². The summed E-state index contributed by atoms with van der Waals surface area (Å²) >= 11 is 0. The summed E-state index contributed by atoms with van der Waals surface area (Å²) in [4.78, 5) is 0. The zero-order valence-electron chi connectivity index (χ0n) is 35.2. The van der Waals surface area contributed by atoms with Gasteiger partial charge in [-0.1, -0.05) is 0 Å². The van der Waals surface area contributed by atoms with Crippen molar-refractivity contribution in [3.05, 3.63) is 185 Å². The number of benzene rings is 7. The average molecular weight is 1130 g/mol. The van der Waals surface area contributed by atoms with Crippen molar-refractivity contribution in [2.24, 2.45) is 0 Å². The molecule has 402 valence electrons. The monoisotopic (exact) mass is 1130 g/mol. The number of hydrogen-bond acceptors (Lipinski definition) is 0. The van der Waals surface area contributed by atoms with Gasteiger partial charge < -0.3 is 0 Å². The standard InChI is InChI=1S/C17H3F11.C14H3F11.C13H3F9/c1-2-7(18)10(21)5(11(22)8(2)19)3-9(20)4-6(13(24)12(3)23)15(26)17(28)16(27)14(4)25;1-2-6(15)8(17)3(9(18)7(2)16)4-10(19)12(21)5(14(23,24)25)13(22)11(4)20;1-2-5(14)7(16)3(8(17)6(2)15)4-9(18)11(20)13(22)12(21)10(4)19/h1H3;1H3;1H3. The van der Waals surface area contributed by atoms with Gasteiger partial charge in [-0.25, -0.2) is 123 Å². The molecular formula is C44H9F31. The molecule has 0 nitrogen and oxygen atoms in total. The van der Waals surface area contributed by atoms with Crippen LogP contribution < -0.4 is 0 Å². The van der Waals surface area contributed by atoms with E-state index in [4.69, 9.17) is 0 Å². The Hall–Kier alpha value is -7.37. The molecule has 0 amide bonds. The molecule has 0 N–H and O–H groups in total. The molecule has 0 aliphatic heterocycles. The van der Waals surface area contributed by atoms with Crippen LogP contribution in [0, 0.1) is 184 Å². The molecule has 7 rings (SSSR count). The number of halogens is 31. The average Bonchev–Trinajstić information content (AvgIpc) is 3.35. The van der Waals surface area contributed by atoms with Gasteiger partial charge >= 0.3 is 6.18 Å². The Balaban J connectivity index is 0.000000210. The van der Waals surface area contributed by atoms with Crippen LogP contribution in [-0.2, 0) is 6.18 Å². The second-order valence-corrected chi connectivity index (χ2v) is 14.5. The first kappa shape index (κ1) is 58.5. The van der Waals surface area contributed by atoms with Crippen LogP contribution in [0.15, 0.2) is 0 Å². The van der Waals surface area contributed by atoms with E-state index in [0.29, 0.717) is 20.8 Å². The normalized spacial score (nSPS) is 11.6. The summed E-state index contributed by atoms with van der Waals surface area (Å²) in [6.45, 7) is 1.74. The molecule has 0 saturated heterocycles. The Morgan fingerprint density at radius 1 is 0.173 bits per heavy atom. The highest BCUT2D eigenvalue weighted by atomic mass is 19.4. The van der Waals surface area contributed by atoms with Gasteiger partial charge in [0.25, 0.3) is 0 Å². The molecule has 0 radical (unpaired) electrons. The van der Waals surface area contributed by atoms with E-state index >= 15 is 0 Å². The van der Waals surface area contributed by atoms with Gasteiger partial charge in [-0.15, -0.1) is 0 Å². The minimum Gasteiger partial charge on any atom is -0.205 e. The van der Waals surface area contributed by atoms with Crippen LogP contribution in [0.3, 0.4) is 0 Å². The molecule has 0 atom stereocenters. The molecule has 7 aromatic rings. The number of hydrogen-bond donors (Lipinski definition) is 0. The third kappa shape index (κ3) is 9.13. The second-order valence-electron chi connectivity index (χ2n) is 14.5. The number of alkyl halides is 3. The van der Waals surface area contributed by atoms with Gasteiger partial charge in [0.2, 0.25) is 5.82 Å². The molecule has 0 fully saturated rings. The second kappa shape index (κ2) is 20.4. The summed E-state index contributed by atoms with van der Waals surface area (Å²) in [5, 5.41) is -4.09. The number of fused-ring (bicyclic) bond motifs is 1. The molecule has 0 aromatic heterocycles. The highest BCUT2D eigenvalue weighted by Crippen LogP contribution is 2.45. The van der Waals surface area contributed by atoms with Gasteiger partial charge in [-0.2, -0.15) is 13.2 Å². The van der Waals surface area contributed by atoms with Gasteiger partial charge in [0.1, 0.15) is 11.4 Å². The van der Waals surface area contributed by atoms with Crippen molar-refractivity contribution in [2.45, 2.75) is 26.9 Å². The Bertz CT molecular complexity index is 3380. The largest absolute Gasteiger partial charge is 0.422 e. The van der Waals surface area contributed by atoms with Crippen LogP contribution in [0.1, 0.15) is 22.3 Å². The summed E-state index contributed by atoms with van der Waals surface area (Å²) < 4.78 is 419. The van der Waals surface area contributed by atoms with Crippen molar-refractivity contribution in [1.82, 2.24) is 0 Å². The molecule has 0 heterocycles. The minimum absolute atomic E-state index is 0.543. The van der Waals surface area contributed by atoms with Crippen molar-refractivity contribution >= 4 is 10.8 Å². The lowest BCUT2D eigenvalue weighted by molar-refractivity contribution is -0.143. The first-order chi connectivity index (χ1) is 34.4. The molecule has 0 saturated carbocycles. The van der Waals surface area contributed by atoms with Gasteiger partial charge in [0.05, 0.1) is 44.2 Å². The lowest BCUT2D eigenvalue weighted by atomic mass is 9.95. The van der Waals surface area contributed by atoms with E-state index in [1.807, 2.05) is 0 Å².